The van der Waals surface area contributed by atoms with Crippen LogP contribution in [-0.2, 0) is 30.3 Å². The summed E-state index contributed by atoms with van der Waals surface area (Å²) in [4.78, 5) is 59.7. The second-order valence-corrected chi connectivity index (χ2v) is 13.9. The van der Waals surface area contributed by atoms with Gasteiger partial charge >= 0.3 is 5.97 Å². The third kappa shape index (κ3) is 8.15. The Balaban J connectivity index is 1.44. The quantitative estimate of drug-likeness (QED) is 0.301. The molecule has 4 rings (SSSR count). The van der Waals surface area contributed by atoms with Crippen molar-refractivity contribution in [1.82, 2.24) is 20.0 Å². The first-order valence-corrected chi connectivity index (χ1v) is 17.0. The molecule has 0 bridgehead atoms. The van der Waals surface area contributed by atoms with Gasteiger partial charge in [-0.1, -0.05) is 64.5 Å². The number of hydrogen-bond donors (Lipinski definition) is 1. The molecule has 2 fully saturated rings. The number of likely N-dealkylation sites (N-methyl/N-ethyl adjacent to an activating group) is 2. The van der Waals surface area contributed by atoms with Gasteiger partial charge in [-0.2, -0.15) is 0 Å². The minimum absolute atomic E-state index is 0.0143. The van der Waals surface area contributed by atoms with E-state index in [1.54, 1.807) is 23.8 Å². The monoisotopic (exact) mass is 622 g/mol. The predicted molar refractivity (Wildman–Crippen MR) is 175 cm³/mol. The van der Waals surface area contributed by atoms with Crippen LogP contribution in [0, 0.1) is 11.8 Å². The van der Waals surface area contributed by atoms with Crippen molar-refractivity contribution < 1.29 is 23.9 Å². The summed E-state index contributed by atoms with van der Waals surface area (Å²) in [6.07, 6.45) is 8.46. The average Bonchev–Trinajstić information content (AvgIpc) is 3.51. The number of esters is 1. The fourth-order valence-electron chi connectivity index (χ4n) is 7.15. The Morgan fingerprint density at radius 1 is 0.933 bits per heavy atom. The minimum atomic E-state index is -0.675. The number of nitrogens with one attached hydrogen (secondary N) is 1. The number of benzene rings is 1. The smallest absolute Gasteiger partial charge is 0.329 e. The summed E-state index contributed by atoms with van der Waals surface area (Å²) in [7, 11) is 3.70. The van der Waals surface area contributed by atoms with Gasteiger partial charge in [0, 0.05) is 19.2 Å². The summed E-state index contributed by atoms with van der Waals surface area (Å²) >= 11 is 0. The van der Waals surface area contributed by atoms with Crippen LogP contribution in [0.4, 0.5) is 0 Å². The van der Waals surface area contributed by atoms with Crippen molar-refractivity contribution in [2.24, 2.45) is 11.8 Å². The number of fused-ring (bicyclic) bond motifs is 1. The summed E-state index contributed by atoms with van der Waals surface area (Å²) in [5.41, 5.74) is 2.78. The van der Waals surface area contributed by atoms with E-state index in [9.17, 15) is 19.2 Å². The number of amides is 3. The van der Waals surface area contributed by atoms with E-state index in [2.05, 4.69) is 16.3 Å². The zero-order valence-corrected chi connectivity index (χ0v) is 28.4. The van der Waals surface area contributed by atoms with E-state index in [1.165, 1.54) is 5.56 Å². The molecular formula is C36H54N4O5. The van der Waals surface area contributed by atoms with Crippen LogP contribution in [0.2, 0.25) is 0 Å². The molecule has 0 aromatic heterocycles. The van der Waals surface area contributed by atoms with Crippen molar-refractivity contribution in [1.29, 1.82) is 0 Å². The normalized spacial score (nSPS) is 23.8. The third-order valence-electron chi connectivity index (χ3n) is 9.90. The van der Waals surface area contributed by atoms with Crippen LogP contribution in [0.25, 0.3) is 0 Å². The highest BCUT2D eigenvalue weighted by molar-refractivity contribution is 5.96. The van der Waals surface area contributed by atoms with Gasteiger partial charge in [0.15, 0.2) is 0 Å². The zero-order chi connectivity index (χ0) is 32.8. The van der Waals surface area contributed by atoms with Crippen LogP contribution in [0.15, 0.2) is 35.9 Å². The zero-order valence-electron chi connectivity index (χ0n) is 28.4. The molecule has 2 saturated heterocycles. The number of nitrogens with zero attached hydrogens (tertiary/aromatic N) is 3. The number of carbonyl (C=O) groups is 4. The number of hydrogen-bond acceptors (Lipinski definition) is 6. The molecule has 2 aliphatic heterocycles. The number of likely N-dealkylation sites (tertiary alicyclic amines) is 2. The summed E-state index contributed by atoms with van der Waals surface area (Å²) < 4.78 is 6.04. The SMILES string of the molecule is C/C(=C\[C@H](C(C)C)N(C)C(=O)C(NC(=O)[C@H]1CCCCN1C)C(C)C)C(=O)N1CCCC1C(=O)O[C@@H]1CCCc2ccccc21. The average molecular weight is 623 g/mol. The Bertz CT molecular complexity index is 1260. The number of ether oxygens (including phenoxy) is 1. The molecule has 0 spiro atoms. The first kappa shape index (κ1) is 34.7. The van der Waals surface area contributed by atoms with Crippen LogP contribution >= 0.6 is 0 Å². The number of aryl methyl sites for hydroxylation is 1. The molecule has 248 valence electrons. The van der Waals surface area contributed by atoms with Gasteiger partial charge in [0.2, 0.25) is 17.7 Å². The fraction of sp³-hybridized carbons (Fsp3) is 0.667. The van der Waals surface area contributed by atoms with Crippen molar-refractivity contribution in [3.05, 3.63) is 47.0 Å². The lowest BCUT2D eigenvalue weighted by atomic mass is 9.89. The Morgan fingerprint density at radius 2 is 1.64 bits per heavy atom. The summed E-state index contributed by atoms with van der Waals surface area (Å²) in [6.45, 7) is 11.0. The van der Waals surface area contributed by atoms with E-state index in [4.69, 9.17) is 4.74 Å². The molecule has 5 atom stereocenters. The fourth-order valence-corrected chi connectivity index (χ4v) is 7.15. The molecule has 3 aliphatic rings. The van der Waals surface area contributed by atoms with Gasteiger partial charge in [0.05, 0.1) is 12.1 Å². The van der Waals surface area contributed by atoms with Gasteiger partial charge in [0.1, 0.15) is 18.2 Å². The van der Waals surface area contributed by atoms with Gasteiger partial charge in [-0.3, -0.25) is 19.3 Å². The Hall–Kier alpha value is -3.20. The number of carbonyl (C=O) groups excluding carboxylic acids is 4. The van der Waals surface area contributed by atoms with Crippen LogP contribution in [0.3, 0.4) is 0 Å². The molecule has 9 heteroatoms. The number of piperidine rings is 1. The molecule has 2 heterocycles. The van der Waals surface area contributed by atoms with E-state index in [0.717, 1.165) is 57.1 Å². The summed E-state index contributed by atoms with van der Waals surface area (Å²) in [5.74, 6) is -0.932. The summed E-state index contributed by atoms with van der Waals surface area (Å²) in [6, 6.07) is 6.22. The highest BCUT2D eigenvalue weighted by Crippen LogP contribution is 2.34. The highest BCUT2D eigenvalue weighted by atomic mass is 16.5. The van der Waals surface area contributed by atoms with E-state index < -0.39 is 12.1 Å². The van der Waals surface area contributed by atoms with Gasteiger partial charge in [-0.15, -0.1) is 0 Å². The lowest BCUT2D eigenvalue weighted by molar-refractivity contribution is -0.158. The first-order chi connectivity index (χ1) is 21.4. The maximum Gasteiger partial charge on any atom is 0.329 e. The number of rotatable bonds is 10. The van der Waals surface area contributed by atoms with Gasteiger partial charge in [0.25, 0.3) is 0 Å². The maximum absolute atomic E-state index is 13.9. The van der Waals surface area contributed by atoms with E-state index in [-0.39, 0.29) is 53.7 Å². The molecule has 0 radical (unpaired) electrons. The second-order valence-electron chi connectivity index (χ2n) is 13.9. The van der Waals surface area contributed by atoms with Gasteiger partial charge in [-0.05, 0) is 88.4 Å². The molecule has 1 aromatic carbocycles. The Kier molecular flexibility index (Phi) is 11.9. The molecule has 1 aromatic rings. The van der Waals surface area contributed by atoms with Crippen LogP contribution in [0.5, 0.6) is 0 Å². The minimum Gasteiger partial charge on any atom is -0.456 e. The predicted octanol–water partition coefficient (Wildman–Crippen LogP) is 4.65. The molecule has 9 nitrogen and oxygen atoms in total. The van der Waals surface area contributed by atoms with Crippen molar-refractivity contribution in [2.45, 2.75) is 116 Å². The standard InChI is InChI=1S/C36H54N4O5/c1-23(2)30(39(7)35(43)32(24(3)4)37-33(41)28-17-10-11-20-38(28)6)22-25(5)34(42)40-21-13-18-29(40)36(44)45-31-19-12-15-26-14-8-9-16-27(26)31/h8-9,14,16,22-24,28-32H,10-13,15,17-21H2,1-7H3,(H,37,41)/b25-22+/t28-,29?,30-,31-,32?/m1/s1. The van der Waals surface area contributed by atoms with E-state index in [0.29, 0.717) is 18.5 Å². The molecule has 1 aliphatic carbocycles. The molecule has 0 saturated carbocycles. The first-order valence-electron chi connectivity index (χ1n) is 17.0. The van der Waals surface area contributed by atoms with Crippen molar-refractivity contribution >= 4 is 23.7 Å². The van der Waals surface area contributed by atoms with Crippen LogP contribution < -0.4 is 5.32 Å². The molecular weight excluding hydrogens is 568 g/mol. The van der Waals surface area contributed by atoms with Crippen molar-refractivity contribution in [2.75, 3.05) is 27.2 Å². The lowest BCUT2D eigenvalue weighted by Crippen LogP contribution is -2.57. The molecule has 2 unspecified atom stereocenters. The lowest BCUT2D eigenvalue weighted by Gasteiger charge is -2.36. The van der Waals surface area contributed by atoms with Crippen LogP contribution in [0.1, 0.15) is 96.8 Å². The van der Waals surface area contributed by atoms with Gasteiger partial charge in [-0.25, -0.2) is 4.79 Å². The molecule has 3 amide bonds. The van der Waals surface area contributed by atoms with E-state index in [1.807, 2.05) is 59.0 Å². The Morgan fingerprint density at radius 3 is 2.33 bits per heavy atom. The molecule has 45 heavy (non-hydrogen) atoms. The maximum atomic E-state index is 13.9. The molecule has 1 N–H and O–H groups in total. The van der Waals surface area contributed by atoms with Crippen molar-refractivity contribution in [3.8, 4) is 0 Å². The third-order valence-corrected chi connectivity index (χ3v) is 9.90. The van der Waals surface area contributed by atoms with Crippen LogP contribution in [-0.4, -0.2) is 89.7 Å². The second kappa shape index (κ2) is 15.4. The van der Waals surface area contributed by atoms with E-state index >= 15 is 0 Å². The highest BCUT2D eigenvalue weighted by Gasteiger charge is 2.39. The largest absolute Gasteiger partial charge is 0.456 e. The summed E-state index contributed by atoms with van der Waals surface area (Å²) in [5, 5.41) is 3.05. The Labute approximate surface area is 269 Å². The van der Waals surface area contributed by atoms with Crippen molar-refractivity contribution in [3.63, 3.8) is 0 Å². The van der Waals surface area contributed by atoms with Gasteiger partial charge < -0.3 is 19.9 Å². The topological polar surface area (TPSA) is 99.3 Å².